The second-order valence-corrected chi connectivity index (χ2v) is 8.67. The fourth-order valence-corrected chi connectivity index (χ4v) is 2.46. The molecule has 0 aromatic heterocycles. The predicted molar refractivity (Wildman–Crippen MR) is 123 cm³/mol. The zero-order valence-electron chi connectivity index (χ0n) is 19.8. The molecule has 1 aromatic carbocycles. The van der Waals surface area contributed by atoms with Crippen molar-refractivity contribution in [3.05, 3.63) is 35.9 Å². The van der Waals surface area contributed by atoms with E-state index in [1.54, 1.807) is 0 Å². The van der Waals surface area contributed by atoms with Crippen LogP contribution >= 0.6 is 0 Å². The van der Waals surface area contributed by atoms with Crippen LogP contribution in [0.5, 0.6) is 0 Å². The molecule has 0 saturated heterocycles. The molecule has 0 spiro atoms. The van der Waals surface area contributed by atoms with Crippen molar-refractivity contribution < 1.29 is 29.4 Å². The van der Waals surface area contributed by atoms with E-state index in [4.69, 9.17) is 5.11 Å². The fourth-order valence-electron chi connectivity index (χ4n) is 2.46. The summed E-state index contributed by atoms with van der Waals surface area (Å²) in [6.07, 6.45) is 2.86. The maximum Gasteiger partial charge on any atom is 0.316 e. The minimum atomic E-state index is -1.62. The molecule has 0 bridgehead atoms. The molecule has 0 aliphatic rings. The molecule has 8 heteroatoms. The van der Waals surface area contributed by atoms with E-state index in [2.05, 4.69) is 43.5 Å². The number of carbonyl (C=O) groups is 4. The summed E-state index contributed by atoms with van der Waals surface area (Å²) in [6, 6.07) is 9.09. The lowest BCUT2D eigenvalue weighted by molar-refractivity contribution is -0.152. The van der Waals surface area contributed by atoms with Crippen LogP contribution in [0.3, 0.4) is 0 Å². The van der Waals surface area contributed by atoms with Crippen LogP contribution < -0.4 is 10.6 Å². The molecular formula is C24H38N2O6. The number of aryl methyl sites for hydroxylation is 1. The van der Waals surface area contributed by atoms with Crippen LogP contribution in [0.2, 0.25) is 0 Å². The lowest BCUT2D eigenvalue weighted by atomic mass is 9.88. The number of Topliss-reactive ketones (excluding diaryl/α,β-unsaturated/α-hetero) is 1. The Morgan fingerprint density at radius 3 is 2.06 bits per heavy atom. The first-order chi connectivity index (χ1) is 14.9. The van der Waals surface area contributed by atoms with Crippen LogP contribution in [0.4, 0.5) is 0 Å². The number of hydrogen-bond donors (Lipinski definition) is 4. The molecule has 1 rings (SSSR count). The largest absolute Gasteiger partial charge is 0.481 e. The highest BCUT2D eigenvalue weighted by molar-refractivity contribution is 6.04. The second-order valence-electron chi connectivity index (χ2n) is 8.67. The van der Waals surface area contributed by atoms with Gasteiger partial charge in [-0.15, -0.1) is 0 Å². The summed E-state index contributed by atoms with van der Waals surface area (Å²) in [6.45, 7) is 7.66. The molecule has 0 fully saturated rings. The molecule has 4 N–H and O–H groups in total. The average molecular weight is 451 g/mol. The zero-order chi connectivity index (χ0) is 24.7. The van der Waals surface area contributed by atoms with Crippen LogP contribution in [-0.4, -0.2) is 53.0 Å². The number of aliphatic hydroxyl groups excluding tert-OH is 1. The smallest absolute Gasteiger partial charge is 0.316 e. The first-order valence-corrected chi connectivity index (χ1v) is 10.9. The Balaban J connectivity index is 0.00000115. The number of ketones is 1. The molecule has 1 atom stereocenters. The third-order valence-electron chi connectivity index (χ3n) is 4.86. The van der Waals surface area contributed by atoms with E-state index in [1.807, 2.05) is 18.2 Å². The fraction of sp³-hybridized carbons (Fsp3) is 0.583. The summed E-state index contributed by atoms with van der Waals surface area (Å²) in [5.74, 6) is -2.49. The van der Waals surface area contributed by atoms with Gasteiger partial charge in [0, 0.05) is 6.42 Å². The minimum absolute atomic E-state index is 0.251. The van der Waals surface area contributed by atoms with Gasteiger partial charge in [0.05, 0.1) is 13.2 Å². The standard InChI is InChI=1S/C17H30N2O6.C7H8/c1-11(2)7-5-6-8-14(22)19-12(10-20)15(23)18-9-13(21)17(3,4)16(24)25;1-7-5-3-2-4-6-7/h11-12,20H,5-10H2,1-4H3,(H,18,23)(H,19,22)(H,24,25);2-6H,1H3. The van der Waals surface area contributed by atoms with Gasteiger partial charge < -0.3 is 20.8 Å². The van der Waals surface area contributed by atoms with E-state index in [0.29, 0.717) is 12.3 Å². The quantitative estimate of drug-likeness (QED) is 0.286. The summed E-state index contributed by atoms with van der Waals surface area (Å²) in [7, 11) is 0. The first-order valence-electron chi connectivity index (χ1n) is 10.9. The topological polar surface area (TPSA) is 133 Å². The van der Waals surface area contributed by atoms with E-state index >= 15 is 0 Å². The van der Waals surface area contributed by atoms with Gasteiger partial charge in [0.2, 0.25) is 11.8 Å². The van der Waals surface area contributed by atoms with Gasteiger partial charge >= 0.3 is 5.97 Å². The number of unbranched alkanes of at least 4 members (excludes halogenated alkanes) is 1. The van der Waals surface area contributed by atoms with Gasteiger partial charge in [-0.1, -0.05) is 62.6 Å². The molecule has 0 saturated carbocycles. The Morgan fingerprint density at radius 2 is 1.62 bits per heavy atom. The summed E-state index contributed by atoms with van der Waals surface area (Å²) in [5.41, 5.74) is -0.302. The molecule has 32 heavy (non-hydrogen) atoms. The third-order valence-corrected chi connectivity index (χ3v) is 4.86. The molecule has 0 heterocycles. The molecule has 0 radical (unpaired) electrons. The van der Waals surface area contributed by atoms with Gasteiger partial charge in [-0.2, -0.15) is 0 Å². The first kappa shape index (κ1) is 29.3. The molecule has 180 valence electrons. The monoisotopic (exact) mass is 450 g/mol. The van der Waals surface area contributed by atoms with Crippen molar-refractivity contribution in [1.29, 1.82) is 0 Å². The van der Waals surface area contributed by atoms with Crippen molar-refractivity contribution in [2.75, 3.05) is 13.2 Å². The number of amides is 2. The Hall–Kier alpha value is -2.74. The van der Waals surface area contributed by atoms with Crippen molar-refractivity contribution in [2.45, 2.75) is 66.3 Å². The minimum Gasteiger partial charge on any atom is -0.481 e. The normalized spacial score (nSPS) is 11.7. The molecule has 8 nitrogen and oxygen atoms in total. The zero-order valence-corrected chi connectivity index (χ0v) is 19.8. The lowest BCUT2D eigenvalue weighted by Gasteiger charge is -2.20. The predicted octanol–water partition coefficient (Wildman–Crippen LogP) is 2.47. The van der Waals surface area contributed by atoms with Gasteiger partial charge in [-0.05, 0) is 33.1 Å². The van der Waals surface area contributed by atoms with Crippen LogP contribution in [-0.2, 0) is 19.2 Å². The summed E-state index contributed by atoms with van der Waals surface area (Å²) >= 11 is 0. The third kappa shape index (κ3) is 12.2. The molecule has 1 unspecified atom stereocenters. The molecular weight excluding hydrogens is 412 g/mol. The van der Waals surface area contributed by atoms with Gasteiger partial charge in [0.15, 0.2) is 5.78 Å². The van der Waals surface area contributed by atoms with Crippen molar-refractivity contribution in [1.82, 2.24) is 10.6 Å². The van der Waals surface area contributed by atoms with Gasteiger partial charge in [-0.25, -0.2) is 0 Å². The number of aliphatic hydroxyl groups is 1. The number of rotatable bonds is 12. The van der Waals surface area contributed by atoms with E-state index in [1.165, 1.54) is 19.4 Å². The summed E-state index contributed by atoms with van der Waals surface area (Å²) in [5, 5.41) is 22.9. The Morgan fingerprint density at radius 1 is 1.03 bits per heavy atom. The average Bonchev–Trinajstić information content (AvgIpc) is 2.73. The van der Waals surface area contributed by atoms with Crippen LogP contribution in [0.15, 0.2) is 30.3 Å². The number of aliphatic carboxylic acids is 1. The highest BCUT2D eigenvalue weighted by atomic mass is 16.4. The van der Waals surface area contributed by atoms with E-state index < -0.39 is 42.3 Å². The van der Waals surface area contributed by atoms with Crippen molar-refractivity contribution in [2.24, 2.45) is 11.3 Å². The molecule has 0 aliphatic carbocycles. The van der Waals surface area contributed by atoms with Crippen molar-refractivity contribution in [3.8, 4) is 0 Å². The highest BCUT2D eigenvalue weighted by Gasteiger charge is 2.35. The van der Waals surface area contributed by atoms with Crippen LogP contribution in [0.1, 0.15) is 58.9 Å². The van der Waals surface area contributed by atoms with E-state index in [0.717, 1.165) is 12.8 Å². The van der Waals surface area contributed by atoms with E-state index in [9.17, 15) is 24.3 Å². The van der Waals surface area contributed by atoms with Gasteiger partial charge in [0.1, 0.15) is 11.5 Å². The maximum atomic E-state index is 11.9. The number of benzene rings is 1. The number of carboxylic acids is 1. The van der Waals surface area contributed by atoms with Crippen molar-refractivity contribution >= 4 is 23.6 Å². The molecule has 1 aromatic rings. The van der Waals surface area contributed by atoms with Crippen LogP contribution in [0, 0.1) is 18.3 Å². The maximum absolute atomic E-state index is 11.9. The van der Waals surface area contributed by atoms with Gasteiger partial charge in [-0.3, -0.25) is 19.2 Å². The number of carbonyl (C=O) groups excluding carboxylic acids is 3. The SMILES string of the molecule is CC(C)CCCCC(=O)NC(CO)C(=O)NCC(=O)C(C)(C)C(=O)O.Cc1ccccc1. The van der Waals surface area contributed by atoms with Crippen LogP contribution in [0.25, 0.3) is 0 Å². The Kier molecular flexibility index (Phi) is 13.8. The second kappa shape index (κ2) is 15.1. The Bertz CT molecular complexity index is 731. The van der Waals surface area contributed by atoms with E-state index in [-0.39, 0.29) is 12.3 Å². The number of hydrogen-bond acceptors (Lipinski definition) is 5. The van der Waals surface area contributed by atoms with Gasteiger partial charge in [0.25, 0.3) is 0 Å². The summed E-state index contributed by atoms with van der Waals surface area (Å²) < 4.78 is 0. The molecule has 2 amide bonds. The summed E-state index contributed by atoms with van der Waals surface area (Å²) in [4.78, 5) is 46.6. The molecule has 0 aliphatic heterocycles. The number of carboxylic acid groups (broad SMARTS) is 1. The number of nitrogens with one attached hydrogen (secondary N) is 2. The Labute approximate surface area is 190 Å². The van der Waals surface area contributed by atoms with Crippen molar-refractivity contribution in [3.63, 3.8) is 0 Å². The highest BCUT2D eigenvalue weighted by Crippen LogP contribution is 2.16. The lowest BCUT2D eigenvalue weighted by Crippen LogP contribution is -2.51.